The molecule has 0 amide bonds. The van der Waals surface area contributed by atoms with Crippen LogP contribution in [0.5, 0.6) is 0 Å². The van der Waals surface area contributed by atoms with Crippen LogP contribution in [0.3, 0.4) is 0 Å². The number of rotatable bonds is 2. The molecule has 2 saturated carbocycles. The highest BCUT2D eigenvalue weighted by atomic mass is 16.3. The predicted molar refractivity (Wildman–Crippen MR) is 48.7 cm³/mol. The fourth-order valence-electron chi connectivity index (χ4n) is 3.18. The van der Waals surface area contributed by atoms with Crippen molar-refractivity contribution < 1.29 is 5.11 Å². The van der Waals surface area contributed by atoms with Gasteiger partial charge in [0, 0.05) is 0 Å². The topological polar surface area (TPSA) is 46.2 Å². The highest BCUT2D eigenvalue weighted by Gasteiger charge is 2.41. The zero-order valence-electron chi connectivity index (χ0n) is 7.63. The Morgan fingerprint density at radius 3 is 2.33 bits per heavy atom. The van der Waals surface area contributed by atoms with Gasteiger partial charge >= 0.3 is 0 Å². The fourth-order valence-corrected chi connectivity index (χ4v) is 3.18. The molecular formula is C10H19NO. The van der Waals surface area contributed by atoms with Crippen molar-refractivity contribution in [3.63, 3.8) is 0 Å². The summed E-state index contributed by atoms with van der Waals surface area (Å²) in [5, 5.41) is 10.2. The van der Waals surface area contributed by atoms with Crippen molar-refractivity contribution in [3.8, 4) is 0 Å². The average molecular weight is 169 g/mol. The van der Waals surface area contributed by atoms with E-state index in [9.17, 15) is 5.11 Å². The lowest BCUT2D eigenvalue weighted by molar-refractivity contribution is -0.0252. The molecule has 0 spiro atoms. The number of nitrogens with two attached hydrogens (primary N) is 1. The van der Waals surface area contributed by atoms with Gasteiger partial charge < -0.3 is 10.8 Å². The summed E-state index contributed by atoms with van der Waals surface area (Å²) in [4.78, 5) is 0. The monoisotopic (exact) mass is 169 g/mol. The molecule has 0 saturated heterocycles. The van der Waals surface area contributed by atoms with Crippen molar-refractivity contribution in [1.29, 1.82) is 0 Å². The minimum Gasteiger partial charge on any atom is -0.390 e. The lowest BCUT2D eigenvalue weighted by Gasteiger charge is -2.36. The molecule has 2 aliphatic rings. The summed E-state index contributed by atoms with van der Waals surface area (Å²) in [6.45, 7) is 0.635. The van der Waals surface area contributed by atoms with Crippen LogP contribution < -0.4 is 5.73 Å². The number of hydrogen-bond donors (Lipinski definition) is 2. The normalized spacial score (nSPS) is 46.5. The van der Waals surface area contributed by atoms with Crippen molar-refractivity contribution in [3.05, 3.63) is 0 Å². The number of fused-ring (bicyclic) bond motifs is 2. The molecule has 3 N–H and O–H groups in total. The Hall–Kier alpha value is -0.0800. The Morgan fingerprint density at radius 2 is 1.83 bits per heavy atom. The van der Waals surface area contributed by atoms with Gasteiger partial charge in [-0.1, -0.05) is 12.8 Å². The van der Waals surface area contributed by atoms with E-state index in [4.69, 9.17) is 5.73 Å². The molecule has 0 aliphatic heterocycles. The minimum absolute atomic E-state index is 0.390. The molecular weight excluding hydrogens is 150 g/mol. The lowest BCUT2D eigenvalue weighted by atomic mass is 9.76. The predicted octanol–water partition coefficient (Wildman–Crippen LogP) is 1.28. The molecule has 70 valence electrons. The second-order valence-corrected chi connectivity index (χ2v) is 4.72. The molecule has 2 rings (SSSR count). The van der Waals surface area contributed by atoms with E-state index in [-0.39, 0.29) is 0 Å². The Bertz CT molecular complexity index is 157. The van der Waals surface area contributed by atoms with Crippen LogP contribution in [0.25, 0.3) is 0 Å². The quantitative estimate of drug-likeness (QED) is 0.654. The van der Waals surface area contributed by atoms with Crippen LogP contribution in [-0.2, 0) is 0 Å². The van der Waals surface area contributed by atoms with Gasteiger partial charge in [-0.05, 0) is 44.1 Å². The molecule has 2 bridgehead atoms. The summed E-state index contributed by atoms with van der Waals surface area (Å²) in [6.07, 6.45) is 6.89. The Labute approximate surface area is 74.1 Å². The molecule has 0 radical (unpaired) electrons. The highest BCUT2D eigenvalue weighted by molar-refractivity contribution is 4.94. The van der Waals surface area contributed by atoms with E-state index in [1.54, 1.807) is 0 Å². The summed E-state index contributed by atoms with van der Waals surface area (Å²) in [5.74, 6) is 1.61. The molecule has 2 fully saturated rings. The third-order valence-electron chi connectivity index (χ3n) is 3.60. The Balaban J connectivity index is 2.00. The second-order valence-electron chi connectivity index (χ2n) is 4.72. The summed E-state index contributed by atoms with van der Waals surface area (Å²) < 4.78 is 0. The van der Waals surface area contributed by atoms with Gasteiger partial charge in [0.2, 0.25) is 0 Å². The van der Waals surface area contributed by atoms with Crippen molar-refractivity contribution in [2.75, 3.05) is 6.54 Å². The van der Waals surface area contributed by atoms with Crippen molar-refractivity contribution >= 4 is 0 Å². The maximum atomic E-state index is 10.2. The van der Waals surface area contributed by atoms with Crippen LogP contribution in [0.2, 0.25) is 0 Å². The SMILES string of the molecule is NCCC1(O)C[C@@H]2CC[C@@H](C2)C1. The first-order valence-electron chi connectivity index (χ1n) is 5.14. The summed E-state index contributed by atoms with van der Waals surface area (Å²) in [6, 6.07) is 0. The van der Waals surface area contributed by atoms with Crippen LogP contribution in [0.4, 0.5) is 0 Å². The van der Waals surface area contributed by atoms with Gasteiger partial charge in [0.1, 0.15) is 0 Å². The number of aliphatic hydroxyl groups is 1. The van der Waals surface area contributed by atoms with Crippen LogP contribution in [0.15, 0.2) is 0 Å². The molecule has 0 heterocycles. The van der Waals surface area contributed by atoms with E-state index in [0.717, 1.165) is 31.1 Å². The van der Waals surface area contributed by atoms with E-state index in [1.807, 2.05) is 0 Å². The van der Waals surface area contributed by atoms with E-state index in [0.29, 0.717) is 6.54 Å². The molecule has 2 nitrogen and oxygen atoms in total. The van der Waals surface area contributed by atoms with Gasteiger partial charge in [-0.15, -0.1) is 0 Å². The smallest absolute Gasteiger partial charge is 0.0665 e. The third-order valence-corrected chi connectivity index (χ3v) is 3.60. The van der Waals surface area contributed by atoms with Crippen LogP contribution in [-0.4, -0.2) is 17.3 Å². The highest BCUT2D eigenvalue weighted by Crippen LogP contribution is 2.47. The van der Waals surface area contributed by atoms with E-state index in [2.05, 4.69) is 0 Å². The van der Waals surface area contributed by atoms with Crippen LogP contribution in [0, 0.1) is 11.8 Å². The summed E-state index contributed by atoms with van der Waals surface area (Å²) in [5.41, 5.74) is 5.11. The van der Waals surface area contributed by atoms with Crippen molar-refractivity contribution in [2.24, 2.45) is 17.6 Å². The van der Waals surface area contributed by atoms with E-state index >= 15 is 0 Å². The van der Waals surface area contributed by atoms with E-state index < -0.39 is 5.60 Å². The molecule has 1 unspecified atom stereocenters. The standard InChI is InChI=1S/C10H19NO/c11-4-3-10(12)6-8-1-2-9(5-8)7-10/h8-9,12H,1-7,11H2/t8-,9+,10?. The molecule has 3 atom stereocenters. The van der Waals surface area contributed by atoms with Gasteiger partial charge in [0.25, 0.3) is 0 Å². The van der Waals surface area contributed by atoms with Crippen LogP contribution >= 0.6 is 0 Å². The van der Waals surface area contributed by atoms with Gasteiger partial charge in [0.05, 0.1) is 5.60 Å². The minimum atomic E-state index is -0.390. The van der Waals surface area contributed by atoms with Crippen molar-refractivity contribution in [1.82, 2.24) is 0 Å². The van der Waals surface area contributed by atoms with Gasteiger partial charge in [0.15, 0.2) is 0 Å². The lowest BCUT2D eigenvalue weighted by Crippen LogP contribution is -2.37. The van der Waals surface area contributed by atoms with Gasteiger partial charge in [-0.3, -0.25) is 0 Å². The Kier molecular flexibility index (Phi) is 2.13. The Morgan fingerprint density at radius 1 is 1.25 bits per heavy atom. The first kappa shape index (κ1) is 8.52. The third kappa shape index (κ3) is 1.50. The van der Waals surface area contributed by atoms with Gasteiger partial charge in [-0.25, -0.2) is 0 Å². The second kappa shape index (κ2) is 3.00. The molecule has 0 aromatic heterocycles. The first-order valence-corrected chi connectivity index (χ1v) is 5.14. The zero-order chi connectivity index (χ0) is 8.60. The summed E-state index contributed by atoms with van der Waals surface area (Å²) >= 11 is 0. The molecule has 2 aliphatic carbocycles. The van der Waals surface area contributed by atoms with Gasteiger partial charge in [-0.2, -0.15) is 0 Å². The molecule has 0 aromatic carbocycles. The summed E-state index contributed by atoms with van der Waals surface area (Å²) in [7, 11) is 0. The maximum Gasteiger partial charge on any atom is 0.0665 e. The fraction of sp³-hybridized carbons (Fsp3) is 1.00. The zero-order valence-corrected chi connectivity index (χ0v) is 7.63. The largest absolute Gasteiger partial charge is 0.390 e. The molecule has 2 heteroatoms. The molecule has 12 heavy (non-hydrogen) atoms. The molecule has 0 aromatic rings. The van der Waals surface area contributed by atoms with Crippen LogP contribution in [0.1, 0.15) is 38.5 Å². The van der Waals surface area contributed by atoms with E-state index in [1.165, 1.54) is 19.3 Å². The first-order chi connectivity index (χ1) is 5.72. The van der Waals surface area contributed by atoms with Crippen molar-refractivity contribution in [2.45, 2.75) is 44.1 Å². The average Bonchev–Trinajstić information content (AvgIpc) is 2.31. The number of hydrogen-bond acceptors (Lipinski definition) is 2. The maximum absolute atomic E-state index is 10.2.